The van der Waals surface area contributed by atoms with Gasteiger partial charge in [0.15, 0.2) is 0 Å². The number of amides is 1. The molecule has 5 heteroatoms. The zero-order valence-corrected chi connectivity index (χ0v) is 14.0. The maximum Gasteiger partial charge on any atom is 0.220 e. The van der Waals surface area contributed by atoms with Gasteiger partial charge in [-0.3, -0.25) is 4.79 Å². The molecule has 1 aromatic heterocycles. The van der Waals surface area contributed by atoms with Crippen LogP contribution in [0.25, 0.3) is 11.0 Å². The third kappa shape index (κ3) is 3.73. The molecule has 0 bridgehead atoms. The highest BCUT2D eigenvalue weighted by Gasteiger charge is 2.18. The van der Waals surface area contributed by atoms with Crippen molar-refractivity contribution >= 4 is 32.9 Å². The van der Waals surface area contributed by atoms with E-state index in [0.717, 1.165) is 27.8 Å². The Labute approximate surface area is 133 Å². The van der Waals surface area contributed by atoms with E-state index >= 15 is 0 Å². The Morgan fingerprint density at radius 2 is 2.19 bits per heavy atom. The second kappa shape index (κ2) is 6.89. The molecule has 4 nitrogen and oxygen atoms in total. The molecule has 0 aliphatic rings. The maximum atomic E-state index is 11.8. The molecule has 0 radical (unpaired) electrons. The lowest BCUT2D eigenvalue weighted by Gasteiger charge is -2.16. The van der Waals surface area contributed by atoms with Gasteiger partial charge < -0.3 is 9.88 Å². The van der Waals surface area contributed by atoms with E-state index in [4.69, 9.17) is 0 Å². The van der Waals surface area contributed by atoms with Gasteiger partial charge in [0.05, 0.1) is 23.6 Å². The summed E-state index contributed by atoms with van der Waals surface area (Å²) < 4.78 is 2.96. The highest BCUT2D eigenvalue weighted by atomic mass is 79.9. The van der Waals surface area contributed by atoms with E-state index in [1.165, 1.54) is 0 Å². The van der Waals surface area contributed by atoms with Gasteiger partial charge in [0, 0.05) is 10.9 Å². The van der Waals surface area contributed by atoms with Crippen LogP contribution in [0.2, 0.25) is 0 Å². The lowest BCUT2D eigenvalue weighted by atomic mass is 10.2. The van der Waals surface area contributed by atoms with Gasteiger partial charge in [0.25, 0.3) is 0 Å². The number of nitrogens with zero attached hydrogens (tertiary/aromatic N) is 2. The lowest BCUT2D eigenvalue weighted by Crippen LogP contribution is -2.28. The minimum atomic E-state index is -0.136. The maximum absolute atomic E-state index is 11.8. The van der Waals surface area contributed by atoms with Crippen LogP contribution in [-0.2, 0) is 11.3 Å². The van der Waals surface area contributed by atoms with Crippen molar-refractivity contribution in [2.24, 2.45) is 0 Å². The molecule has 1 atom stereocenters. The summed E-state index contributed by atoms with van der Waals surface area (Å²) in [5, 5.41) is 3.00. The molecule has 1 N–H and O–H groups in total. The molecular formula is C16H20BrN3O. The summed E-state index contributed by atoms with van der Waals surface area (Å²) in [5.74, 6) is 0.905. The zero-order chi connectivity index (χ0) is 15.4. The number of carbonyl (C=O) groups excluding carboxylic acids is 1. The molecule has 2 rings (SSSR count). The average Bonchev–Trinajstić information content (AvgIpc) is 2.77. The molecule has 112 valence electrons. The minimum absolute atomic E-state index is 0.0567. The third-order valence-electron chi connectivity index (χ3n) is 3.26. The third-order valence-corrected chi connectivity index (χ3v) is 3.51. The summed E-state index contributed by atoms with van der Waals surface area (Å²) in [6.45, 7) is 8.49. The molecule has 21 heavy (non-hydrogen) atoms. The summed E-state index contributed by atoms with van der Waals surface area (Å²) in [7, 11) is 0. The highest BCUT2D eigenvalue weighted by molar-refractivity contribution is 9.11. The topological polar surface area (TPSA) is 46.9 Å². The van der Waals surface area contributed by atoms with Gasteiger partial charge in [-0.2, -0.15) is 0 Å². The van der Waals surface area contributed by atoms with Crippen molar-refractivity contribution in [3.05, 3.63) is 41.2 Å². The SMILES string of the molecule is C=C(Br)Cn1c(C(C)NC(=O)CCC)nc2ccccc21. The molecule has 0 spiro atoms. The molecule has 0 fully saturated rings. The van der Waals surface area contributed by atoms with Crippen LogP contribution in [0.4, 0.5) is 0 Å². The Kier molecular flexibility index (Phi) is 5.17. The Hall–Kier alpha value is -1.62. The first-order chi connectivity index (χ1) is 10.0. The van der Waals surface area contributed by atoms with Crippen LogP contribution >= 0.6 is 15.9 Å². The Balaban J connectivity index is 2.37. The van der Waals surface area contributed by atoms with Crippen LogP contribution < -0.4 is 5.32 Å². The van der Waals surface area contributed by atoms with Crippen LogP contribution in [0.1, 0.15) is 38.6 Å². The van der Waals surface area contributed by atoms with Gasteiger partial charge in [0.1, 0.15) is 5.82 Å². The number of aromatic nitrogens is 2. The fourth-order valence-electron chi connectivity index (χ4n) is 2.37. The highest BCUT2D eigenvalue weighted by Crippen LogP contribution is 2.23. The van der Waals surface area contributed by atoms with E-state index in [0.29, 0.717) is 13.0 Å². The van der Waals surface area contributed by atoms with Crippen molar-refractivity contribution in [2.75, 3.05) is 0 Å². The molecule has 1 unspecified atom stereocenters. The average molecular weight is 350 g/mol. The second-order valence-corrected chi connectivity index (χ2v) is 6.22. The predicted octanol–water partition coefficient (Wildman–Crippen LogP) is 3.92. The molecule has 1 amide bonds. The number of halogens is 1. The smallest absolute Gasteiger partial charge is 0.220 e. The van der Waals surface area contributed by atoms with Crippen LogP contribution in [0.15, 0.2) is 35.3 Å². The summed E-state index contributed by atoms with van der Waals surface area (Å²) in [4.78, 5) is 16.5. The number of carbonyl (C=O) groups is 1. The van der Waals surface area contributed by atoms with Crippen LogP contribution in [0.5, 0.6) is 0 Å². The van der Waals surface area contributed by atoms with Gasteiger partial charge in [-0.25, -0.2) is 4.98 Å². The number of hydrogen-bond acceptors (Lipinski definition) is 2. The Bertz CT molecular complexity index is 663. The number of benzene rings is 1. The van der Waals surface area contributed by atoms with Gasteiger partial charge in [-0.05, 0) is 25.5 Å². The summed E-state index contributed by atoms with van der Waals surface area (Å²) in [5.41, 5.74) is 1.97. The van der Waals surface area contributed by atoms with Crippen molar-refractivity contribution in [3.63, 3.8) is 0 Å². The van der Waals surface area contributed by atoms with E-state index in [1.54, 1.807) is 0 Å². The standard InChI is InChI=1S/C16H20BrN3O/c1-4-7-15(21)18-12(3)16-19-13-8-5-6-9-14(13)20(16)10-11(2)17/h5-6,8-9,12H,2,4,7,10H2,1,3H3,(H,18,21). The van der Waals surface area contributed by atoms with Crippen LogP contribution in [-0.4, -0.2) is 15.5 Å². The van der Waals surface area contributed by atoms with Gasteiger partial charge in [-0.1, -0.05) is 41.6 Å². The van der Waals surface area contributed by atoms with Gasteiger partial charge in [0.2, 0.25) is 5.91 Å². The fourth-order valence-corrected chi connectivity index (χ4v) is 2.62. The number of rotatable bonds is 6. The number of hydrogen-bond donors (Lipinski definition) is 1. The first kappa shape index (κ1) is 15.8. The molecule has 0 aliphatic carbocycles. The number of para-hydroxylation sites is 2. The quantitative estimate of drug-likeness (QED) is 0.858. The van der Waals surface area contributed by atoms with E-state index in [1.807, 2.05) is 38.1 Å². The van der Waals surface area contributed by atoms with E-state index in [9.17, 15) is 4.79 Å². The molecule has 0 aliphatic heterocycles. The largest absolute Gasteiger partial charge is 0.346 e. The monoisotopic (exact) mass is 349 g/mol. The fraction of sp³-hybridized carbons (Fsp3) is 0.375. The van der Waals surface area contributed by atoms with Crippen molar-refractivity contribution < 1.29 is 4.79 Å². The van der Waals surface area contributed by atoms with E-state index in [-0.39, 0.29) is 11.9 Å². The van der Waals surface area contributed by atoms with Crippen molar-refractivity contribution in [3.8, 4) is 0 Å². The van der Waals surface area contributed by atoms with E-state index < -0.39 is 0 Å². The van der Waals surface area contributed by atoms with Crippen molar-refractivity contribution in [2.45, 2.75) is 39.3 Å². The number of nitrogens with one attached hydrogen (secondary N) is 1. The molecule has 2 aromatic rings. The Morgan fingerprint density at radius 1 is 1.48 bits per heavy atom. The first-order valence-electron chi connectivity index (χ1n) is 7.10. The number of fused-ring (bicyclic) bond motifs is 1. The summed E-state index contributed by atoms with van der Waals surface area (Å²) in [6.07, 6.45) is 1.38. The molecule has 1 aromatic carbocycles. The van der Waals surface area contributed by atoms with Gasteiger partial charge >= 0.3 is 0 Å². The number of imidazole rings is 1. The molecule has 1 heterocycles. The lowest BCUT2D eigenvalue weighted by molar-refractivity contribution is -0.121. The minimum Gasteiger partial charge on any atom is -0.346 e. The normalized spacial score (nSPS) is 12.3. The van der Waals surface area contributed by atoms with Crippen molar-refractivity contribution in [1.29, 1.82) is 0 Å². The predicted molar refractivity (Wildman–Crippen MR) is 89.3 cm³/mol. The van der Waals surface area contributed by atoms with Crippen LogP contribution in [0.3, 0.4) is 0 Å². The zero-order valence-electron chi connectivity index (χ0n) is 12.4. The molecule has 0 saturated carbocycles. The Morgan fingerprint density at radius 3 is 2.86 bits per heavy atom. The summed E-state index contributed by atoms with van der Waals surface area (Å²) in [6, 6.07) is 7.83. The van der Waals surface area contributed by atoms with E-state index in [2.05, 4.69) is 37.4 Å². The first-order valence-corrected chi connectivity index (χ1v) is 7.90. The number of allylic oxidation sites excluding steroid dienone is 1. The molecule has 0 saturated heterocycles. The van der Waals surface area contributed by atoms with Crippen LogP contribution in [0, 0.1) is 0 Å². The second-order valence-electron chi connectivity index (χ2n) is 5.10. The molecular weight excluding hydrogens is 330 g/mol. The van der Waals surface area contributed by atoms with Gasteiger partial charge in [-0.15, -0.1) is 0 Å². The summed E-state index contributed by atoms with van der Waals surface area (Å²) >= 11 is 3.41. The van der Waals surface area contributed by atoms with Crippen molar-refractivity contribution in [1.82, 2.24) is 14.9 Å².